The first kappa shape index (κ1) is 18.7. The second-order valence-corrected chi connectivity index (χ2v) is 12.0. The van der Waals surface area contributed by atoms with Crippen LogP contribution in [0.2, 0.25) is 0 Å². The maximum atomic E-state index is 11.3. The fourth-order valence-corrected chi connectivity index (χ4v) is 6.37. The standard InChI is InChI=1S/C22H40O2/c1-19(2,3)14-21(7,20(4,5)6)18(23)24-22-11-15-8-16(12-22)10-17(9-15)13-22/h15-18,23H,8-14H2,1-7H3. The van der Waals surface area contributed by atoms with Crippen molar-refractivity contribution in [1.29, 1.82) is 0 Å². The maximum Gasteiger partial charge on any atom is 0.161 e. The Morgan fingerprint density at radius 2 is 1.29 bits per heavy atom. The van der Waals surface area contributed by atoms with E-state index in [1.165, 1.54) is 38.5 Å². The molecule has 24 heavy (non-hydrogen) atoms. The van der Waals surface area contributed by atoms with Crippen molar-refractivity contribution in [2.75, 3.05) is 0 Å². The van der Waals surface area contributed by atoms with Gasteiger partial charge in [0, 0.05) is 5.41 Å². The highest BCUT2D eigenvalue weighted by atomic mass is 16.6. The van der Waals surface area contributed by atoms with Crippen LogP contribution in [0.15, 0.2) is 0 Å². The highest BCUT2D eigenvalue weighted by Gasteiger charge is 2.55. The Balaban J connectivity index is 1.80. The van der Waals surface area contributed by atoms with Crippen LogP contribution in [0.3, 0.4) is 0 Å². The van der Waals surface area contributed by atoms with Gasteiger partial charge in [0.15, 0.2) is 6.29 Å². The quantitative estimate of drug-likeness (QED) is 0.659. The van der Waals surface area contributed by atoms with E-state index >= 15 is 0 Å². The van der Waals surface area contributed by atoms with Crippen LogP contribution in [0.25, 0.3) is 0 Å². The third-order valence-corrected chi connectivity index (χ3v) is 7.50. The summed E-state index contributed by atoms with van der Waals surface area (Å²) in [7, 11) is 0. The maximum absolute atomic E-state index is 11.3. The van der Waals surface area contributed by atoms with Gasteiger partial charge in [-0.05, 0) is 73.5 Å². The molecular formula is C22H40O2. The molecule has 2 heteroatoms. The monoisotopic (exact) mass is 336 g/mol. The van der Waals surface area contributed by atoms with Crippen molar-refractivity contribution in [2.24, 2.45) is 34.0 Å². The first-order valence-electron chi connectivity index (χ1n) is 10.2. The van der Waals surface area contributed by atoms with E-state index in [0.717, 1.165) is 24.2 Å². The molecular weight excluding hydrogens is 296 g/mol. The number of hydrogen-bond acceptors (Lipinski definition) is 2. The Kier molecular flexibility index (Phi) is 4.45. The van der Waals surface area contributed by atoms with E-state index in [-0.39, 0.29) is 21.8 Å². The third kappa shape index (κ3) is 3.43. The van der Waals surface area contributed by atoms with Crippen LogP contribution in [0.1, 0.15) is 93.4 Å². The molecule has 0 aromatic heterocycles. The van der Waals surface area contributed by atoms with Gasteiger partial charge in [0.05, 0.1) is 5.60 Å². The molecule has 0 aromatic carbocycles. The molecule has 4 aliphatic carbocycles. The molecule has 4 fully saturated rings. The van der Waals surface area contributed by atoms with Crippen molar-refractivity contribution >= 4 is 0 Å². The number of rotatable bonds is 4. The number of aliphatic hydroxyl groups is 1. The molecule has 0 radical (unpaired) electrons. The van der Waals surface area contributed by atoms with Crippen molar-refractivity contribution in [2.45, 2.75) is 105 Å². The molecule has 4 rings (SSSR count). The topological polar surface area (TPSA) is 29.5 Å². The van der Waals surface area contributed by atoms with Crippen molar-refractivity contribution in [3.63, 3.8) is 0 Å². The molecule has 0 aliphatic heterocycles. The second kappa shape index (κ2) is 5.71. The van der Waals surface area contributed by atoms with E-state index in [9.17, 15) is 5.11 Å². The molecule has 2 nitrogen and oxygen atoms in total. The van der Waals surface area contributed by atoms with Gasteiger partial charge >= 0.3 is 0 Å². The summed E-state index contributed by atoms with van der Waals surface area (Å²) in [5, 5.41) is 11.3. The first-order valence-corrected chi connectivity index (χ1v) is 10.2. The lowest BCUT2D eigenvalue weighted by molar-refractivity contribution is -0.293. The average Bonchev–Trinajstić information content (AvgIpc) is 2.32. The zero-order chi connectivity index (χ0) is 18.0. The van der Waals surface area contributed by atoms with Crippen molar-refractivity contribution in [3.8, 4) is 0 Å². The number of aliphatic hydroxyl groups excluding tert-OH is 1. The minimum atomic E-state index is -0.673. The van der Waals surface area contributed by atoms with Crippen molar-refractivity contribution < 1.29 is 9.84 Å². The molecule has 1 N–H and O–H groups in total. The highest BCUT2D eigenvalue weighted by molar-refractivity contribution is 5.04. The van der Waals surface area contributed by atoms with Gasteiger partial charge in [-0.3, -0.25) is 0 Å². The van der Waals surface area contributed by atoms with E-state index in [4.69, 9.17) is 4.74 Å². The molecule has 0 saturated heterocycles. The Labute approximate surface area is 149 Å². The number of hydrogen-bond donors (Lipinski definition) is 1. The lowest BCUT2D eigenvalue weighted by atomic mass is 9.54. The summed E-state index contributed by atoms with van der Waals surface area (Å²) in [6.07, 6.45) is 8.10. The molecule has 0 heterocycles. The first-order chi connectivity index (χ1) is 10.8. The molecule has 4 bridgehead atoms. The zero-order valence-corrected chi connectivity index (χ0v) is 17.1. The fourth-order valence-electron chi connectivity index (χ4n) is 6.37. The summed E-state index contributed by atoms with van der Waals surface area (Å²) in [5.74, 6) is 2.56. The molecule has 2 unspecified atom stereocenters. The Morgan fingerprint density at radius 3 is 1.62 bits per heavy atom. The van der Waals surface area contributed by atoms with Crippen LogP contribution in [-0.4, -0.2) is 17.0 Å². The smallest absolute Gasteiger partial charge is 0.161 e. The molecule has 0 amide bonds. The Hall–Kier alpha value is -0.0800. The second-order valence-electron chi connectivity index (χ2n) is 12.0. The van der Waals surface area contributed by atoms with Crippen LogP contribution in [-0.2, 0) is 4.74 Å². The predicted molar refractivity (Wildman–Crippen MR) is 99.6 cm³/mol. The van der Waals surface area contributed by atoms with Crippen molar-refractivity contribution in [3.05, 3.63) is 0 Å². The van der Waals surface area contributed by atoms with Crippen LogP contribution in [0, 0.1) is 34.0 Å². The lowest BCUT2D eigenvalue weighted by Gasteiger charge is -2.58. The van der Waals surface area contributed by atoms with E-state index < -0.39 is 6.29 Å². The summed E-state index contributed by atoms with van der Waals surface area (Å²) >= 11 is 0. The zero-order valence-electron chi connectivity index (χ0n) is 17.1. The molecule has 2 atom stereocenters. The lowest BCUT2D eigenvalue weighted by Crippen LogP contribution is -2.57. The van der Waals surface area contributed by atoms with Gasteiger partial charge in [-0.15, -0.1) is 0 Å². The van der Waals surface area contributed by atoms with Gasteiger partial charge in [0.2, 0.25) is 0 Å². The summed E-state index contributed by atoms with van der Waals surface area (Å²) < 4.78 is 6.64. The predicted octanol–water partition coefficient (Wildman–Crippen LogP) is 5.78. The third-order valence-electron chi connectivity index (χ3n) is 7.50. The molecule has 140 valence electrons. The Morgan fingerprint density at radius 1 is 0.875 bits per heavy atom. The fraction of sp³-hybridized carbons (Fsp3) is 1.00. The van der Waals surface area contributed by atoms with Crippen molar-refractivity contribution in [1.82, 2.24) is 0 Å². The van der Waals surface area contributed by atoms with Crippen LogP contribution < -0.4 is 0 Å². The van der Waals surface area contributed by atoms with Gasteiger partial charge in [0.1, 0.15) is 0 Å². The van der Waals surface area contributed by atoms with E-state index in [0.29, 0.717) is 0 Å². The number of ether oxygens (including phenoxy) is 1. The largest absolute Gasteiger partial charge is 0.367 e. The molecule has 4 aliphatic rings. The minimum Gasteiger partial charge on any atom is -0.367 e. The molecule has 0 aromatic rings. The minimum absolute atomic E-state index is 0.00198. The Bertz CT molecular complexity index is 432. The highest BCUT2D eigenvalue weighted by Crippen LogP contribution is 2.59. The van der Waals surface area contributed by atoms with E-state index in [2.05, 4.69) is 48.5 Å². The van der Waals surface area contributed by atoms with Gasteiger partial charge in [-0.1, -0.05) is 48.5 Å². The van der Waals surface area contributed by atoms with Gasteiger partial charge in [-0.2, -0.15) is 0 Å². The summed E-state index contributed by atoms with van der Waals surface area (Å²) in [4.78, 5) is 0. The molecule has 4 saturated carbocycles. The average molecular weight is 337 g/mol. The summed E-state index contributed by atoms with van der Waals surface area (Å²) in [6.45, 7) is 15.8. The van der Waals surface area contributed by atoms with Gasteiger partial charge in [0.25, 0.3) is 0 Å². The van der Waals surface area contributed by atoms with Crippen LogP contribution in [0.4, 0.5) is 0 Å². The molecule has 0 spiro atoms. The van der Waals surface area contributed by atoms with Gasteiger partial charge in [-0.25, -0.2) is 0 Å². The van der Waals surface area contributed by atoms with E-state index in [1.807, 2.05) is 0 Å². The summed E-state index contributed by atoms with van der Waals surface area (Å²) in [6, 6.07) is 0. The summed E-state index contributed by atoms with van der Waals surface area (Å²) in [5.41, 5.74) is -0.0943. The van der Waals surface area contributed by atoms with E-state index in [1.54, 1.807) is 0 Å². The van der Waals surface area contributed by atoms with Gasteiger partial charge < -0.3 is 9.84 Å². The normalized spacial score (nSPS) is 39.8. The SMILES string of the molecule is CC(C)(C)CC(C)(C(O)OC12CC3CC(CC(C3)C1)C2)C(C)(C)C. The van der Waals surface area contributed by atoms with Crippen LogP contribution >= 0.6 is 0 Å². The van der Waals surface area contributed by atoms with Crippen LogP contribution in [0.5, 0.6) is 0 Å².